The first-order valence-electron chi connectivity index (χ1n) is 9.87. The van der Waals surface area contributed by atoms with Crippen LogP contribution < -0.4 is 9.47 Å². The molecule has 0 aliphatic carbocycles. The average Bonchev–Trinajstić information content (AvgIpc) is 2.78. The molecule has 0 radical (unpaired) electrons. The van der Waals surface area contributed by atoms with E-state index in [1.807, 2.05) is 90.7 Å². The lowest BCUT2D eigenvalue weighted by molar-refractivity contribution is -0.140. The Morgan fingerprint density at radius 3 is 1.90 bits per heavy atom. The maximum Gasteiger partial charge on any atom is 0.264 e. The van der Waals surface area contributed by atoms with Crippen LogP contribution in [0.25, 0.3) is 0 Å². The van der Waals surface area contributed by atoms with Gasteiger partial charge in [-0.2, -0.15) is 0 Å². The highest BCUT2D eigenvalue weighted by molar-refractivity contribution is 5.81. The van der Waals surface area contributed by atoms with Gasteiger partial charge in [0.2, 0.25) is 0 Å². The highest BCUT2D eigenvalue weighted by Gasteiger charge is 2.25. The second kappa shape index (κ2) is 10.3. The van der Waals surface area contributed by atoms with E-state index in [0.717, 1.165) is 11.1 Å². The summed E-state index contributed by atoms with van der Waals surface area (Å²) in [6, 6.07) is 27.4. The minimum Gasteiger partial charge on any atom is -0.497 e. The molecule has 3 aromatic rings. The highest BCUT2D eigenvalue weighted by atomic mass is 16.5. The number of hydrogen-bond acceptors (Lipinski definition) is 3. The fraction of sp³-hybridized carbons (Fsp3) is 0.240. The van der Waals surface area contributed by atoms with Crippen LogP contribution in [0.5, 0.6) is 11.5 Å². The average molecular weight is 389 g/mol. The standard InChI is InChI=1S/C25H27NO3/c1-3-24(29-23-16-10-15-22(17-23)28-2)25(27)26(18-20-11-6-4-7-12-20)19-21-13-8-5-9-14-21/h4-17,24H,3,18-19H2,1-2H3. The van der Waals surface area contributed by atoms with Crippen molar-refractivity contribution in [3.05, 3.63) is 96.1 Å². The van der Waals surface area contributed by atoms with Crippen LogP contribution in [0.4, 0.5) is 0 Å². The Morgan fingerprint density at radius 2 is 1.38 bits per heavy atom. The van der Waals surface area contributed by atoms with Gasteiger partial charge in [0.15, 0.2) is 6.10 Å². The Hall–Kier alpha value is -3.27. The predicted molar refractivity (Wildman–Crippen MR) is 115 cm³/mol. The molecule has 1 atom stereocenters. The van der Waals surface area contributed by atoms with Crippen LogP contribution in [0.3, 0.4) is 0 Å². The lowest BCUT2D eigenvalue weighted by Gasteiger charge is -2.28. The fourth-order valence-electron chi connectivity index (χ4n) is 3.17. The molecule has 29 heavy (non-hydrogen) atoms. The summed E-state index contributed by atoms with van der Waals surface area (Å²) in [5.74, 6) is 1.31. The van der Waals surface area contributed by atoms with Crippen molar-refractivity contribution in [2.75, 3.05) is 7.11 Å². The van der Waals surface area contributed by atoms with E-state index in [9.17, 15) is 4.79 Å². The van der Waals surface area contributed by atoms with Gasteiger partial charge in [-0.15, -0.1) is 0 Å². The van der Waals surface area contributed by atoms with E-state index >= 15 is 0 Å². The Balaban J connectivity index is 1.80. The molecule has 4 heteroatoms. The van der Waals surface area contributed by atoms with Gasteiger partial charge in [-0.3, -0.25) is 4.79 Å². The number of amides is 1. The number of rotatable bonds is 9. The molecule has 3 aromatic carbocycles. The van der Waals surface area contributed by atoms with Crippen molar-refractivity contribution in [2.45, 2.75) is 32.5 Å². The topological polar surface area (TPSA) is 38.8 Å². The van der Waals surface area contributed by atoms with Crippen LogP contribution in [0.2, 0.25) is 0 Å². The first-order chi connectivity index (χ1) is 14.2. The van der Waals surface area contributed by atoms with Crippen molar-refractivity contribution in [3.63, 3.8) is 0 Å². The Bertz CT molecular complexity index is 855. The first kappa shape index (κ1) is 20.5. The number of carbonyl (C=O) groups is 1. The number of nitrogens with zero attached hydrogens (tertiary/aromatic N) is 1. The summed E-state index contributed by atoms with van der Waals surface area (Å²) < 4.78 is 11.3. The van der Waals surface area contributed by atoms with Gasteiger partial charge in [-0.25, -0.2) is 0 Å². The van der Waals surface area contributed by atoms with E-state index in [4.69, 9.17) is 9.47 Å². The second-order valence-corrected chi connectivity index (χ2v) is 6.86. The molecule has 4 nitrogen and oxygen atoms in total. The molecule has 0 N–H and O–H groups in total. The molecule has 1 unspecified atom stereocenters. The number of benzene rings is 3. The largest absolute Gasteiger partial charge is 0.497 e. The van der Waals surface area contributed by atoms with E-state index in [0.29, 0.717) is 31.0 Å². The molecule has 150 valence electrons. The third-order valence-electron chi connectivity index (χ3n) is 4.71. The van der Waals surface area contributed by atoms with Gasteiger partial charge in [-0.1, -0.05) is 73.7 Å². The fourth-order valence-corrected chi connectivity index (χ4v) is 3.17. The zero-order chi connectivity index (χ0) is 20.5. The zero-order valence-corrected chi connectivity index (χ0v) is 17.0. The van der Waals surface area contributed by atoms with Crippen LogP contribution in [-0.2, 0) is 17.9 Å². The van der Waals surface area contributed by atoms with E-state index in [1.165, 1.54) is 0 Å². The van der Waals surface area contributed by atoms with Crippen molar-refractivity contribution < 1.29 is 14.3 Å². The van der Waals surface area contributed by atoms with Crippen molar-refractivity contribution in [1.29, 1.82) is 0 Å². The molecule has 0 aliphatic rings. The van der Waals surface area contributed by atoms with Crippen molar-refractivity contribution in [2.24, 2.45) is 0 Å². The van der Waals surface area contributed by atoms with Crippen LogP contribution >= 0.6 is 0 Å². The maximum atomic E-state index is 13.4. The van der Waals surface area contributed by atoms with Gasteiger partial charge in [0.1, 0.15) is 11.5 Å². The van der Waals surface area contributed by atoms with Crippen LogP contribution in [-0.4, -0.2) is 24.0 Å². The van der Waals surface area contributed by atoms with E-state index in [2.05, 4.69) is 0 Å². The molecule has 0 aliphatic heterocycles. The highest BCUT2D eigenvalue weighted by Crippen LogP contribution is 2.22. The predicted octanol–water partition coefficient (Wildman–Crippen LogP) is 5.08. The third kappa shape index (κ3) is 5.85. The normalized spacial score (nSPS) is 11.5. The van der Waals surface area contributed by atoms with Crippen molar-refractivity contribution in [1.82, 2.24) is 4.90 Å². The summed E-state index contributed by atoms with van der Waals surface area (Å²) in [4.78, 5) is 15.3. The molecule has 0 bridgehead atoms. The van der Waals surface area contributed by atoms with Crippen LogP contribution in [0.15, 0.2) is 84.9 Å². The molecule has 0 saturated carbocycles. The number of methoxy groups -OCH3 is 1. The Morgan fingerprint density at radius 1 is 0.828 bits per heavy atom. The van der Waals surface area contributed by atoms with Crippen molar-refractivity contribution >= 4 is 5.91 Å². The minimum atomic E-state index is -0.561. The SMILES string of the molecule is CCC(Oc1cccc(OC)c1)C(=O)N(Cc1ccccc1)Cc1ccccc1. The monoisotopic (exact) mass is 389 g/mol. The summed E-state index contributed by atoms with van der Waals surface area (Å²) in [6.45, 7) is 3.03. The van der Waals surface area contributed by atoms with E-state index in [1.54, 1.807) is 13.2 Å². The molecular weight excluding hydrogens is 362 g/mol. The number of hydrogen-bond donors (Lipinski definition) is 0. The molecule has 0 fully saturated rings. The van der Waals surface area contributed by atoms with Crippen LogP contribution in [0, 0.1) is 0 Å². The smallest absolute Gasteiger partial charge is 0.264 e. The molecular formula is C25H27NO3. The van der Waals surface area contributed by atoms with Gasteiger partial charge in [0.25, 0.3) is 5.91 Å². The first-order valence-corrected chi connectivity index (χ1v) is 9.87. The molecule has 0 saturated heterocycles. The van der Waals surface area contributed by atoms with Gasteiger partial charge in [0.05, 0.1) is 7.11 Å². The van der Waals surface area contributed by atoms with Crippen molar-refractivity contribution in [3.8, 4) is 11.5 Å². The van der Waals surface area contributed by atoms with E-state index < -0.39 is 6.10 Å². The summed E-state index contributed by atoms with van der Waals surface area (Å²) in [6.07, 6.45) is 0.0189. The third-order valence-corrected chi connectivity index (χ3v) is 4.71. The minimum absolute atomic E-state index is 0.0250. The van der Waals surface area contributed by atoms with Gasteiger partial charge in [0, 0.05) is 19.2 Å². The summed E-state index contributed by atoms with van der Waals surface area (Å²) in [7, 11) is 1.61. The lowest BCUT2D eigenvalue weighted by atomic mass is 10.1. The van der Waals surface area contributed by atoms with Gasteiger partial charge in [-0.05, 0) is 29.7 Å². The maximum absolute atomic E-state index is 13.4. The van der Waals surface area contributed by atoms with Gasteiger partial charge >= 0.3 is 0 Å². The molecule has 0 spiro atoms. The number of carbonyl (C=O) groups excluding carboxylic acids is 1. The lowest BCUT2D eigenvalue weighted by Crippen LogP contribution is -2.41. The Labute approximate surface area is 172 Å². The van der Waals surface area contributed by atoms with Crippen LogP contribution in [0.1, 0.15) is 24.5 Å². The number of ether oxygens (including phenoxy) is 2. The zero-order valence-electron chi connectivity index (χ0n) is 17.0. The summed E-state index contributed by atoms with van der Waals surface area (Å²) >= 11 is 0. The second-order valence-electron chi connectivity index (χ2n) is 6.86. The molecule has 0 aromatic heterocycles. The molecule has 1 amide bonds. The van der Waals surface area contributed by atoms with E-state index in [-0.39, 0.29) is 5.91 Å². The quantitative estimate of drug-likeness (QED) is 0.512. The van der Waals surface area contributed by atoms with Gasteiger partial charge < -0.3 is 14.4 Å². The summed E-state index contributed by atoms with van der Waals surface area (Å²) in [5, 5.41) is 0. The summed E-state index contributed by atoms with van der Waals surface area (Å²) in [5.41, 5.74) is 2.18. The molecule has 3 rings (SSSR count). The Kier molecular flexibility index (Phi) is 7.28. The molecule has 0 heterocycles.